The Morgan fingerprint density at radius 1 is 1.47 bits per heavy atom. The van der Waals surface area contributed by atoms with Crippen LogP contribution in [0.15, 0.2) is 11.8 Å². The molecule has 0 saturated carbocycles. The van der Waals surface area contributed by atoms with E-state index in [9.17, 15) is 18.0 Å². The molecule has 0 N–H and O–H groups in total. The Labute approximate surface area is 87.7 Å². The van der Waals surface area contributed by atoms with Crippen molar-refractivity contribution in [3.05, 3.63) is 11.8 Å². The highest BCUT2D eigenvalue weighted by atomic mass is 32.2. The molecule has 5 nitrogen and oxygen atoms in total. The summed E-state index contributed by atoms with van der Waals surface area (Å²) in [7, 11) is -3.39. The third kappa shape index (κ3) is 0.998. The van der Waals surface area contributed by atoms with E-state index in [4.69, 9.17) is 0 Å². The molecule has 0 aliphatic carbocycles. The minimum absolute atomic E-state index is 0.0297. The second-order valence-electron chi connectivity index (χ2n) is 4.17. The molecule has 1 atom stereocenters. The van der Waals surface area contributed by atoms with Crippen LogP contribution in [0.3, 0.4) is 0 Å². The van der Waals surface area contributed by atoms with Gasteiger partial charge in [-0.05, 0) is 19.9 Å². The molecule has 1 amide bonds. The van der Waals surface area contributed by atoms with E-state index in [1.54, 1.807) is 0 Å². The van der Waals surface area contributed by atoms with Gasteiger partial charge in [-0.25, -0.2) is 8.42 Å². The number of hydrogen-bond donors (Lipinski definition) is 0. The third-order valence-corrected chi connectivity index (χ3v) is 5.80. The summed E-state index contributed by atoms with van der Waals surface area (Å²) in [6.45, 7) is 3.03. The Bertz CT molecular complexity index is 474. The van der Waals surface area contributed by atoms with Crippen LogP contribution in [0.25, 0.3) is 0 Å². The van der Waals surface area contributed by atoms with Crippen LogP contribution in [0, 0.1) is 0 Å². The predicted octanol–water partition coefficient (Wildman–Crippen LogP) is -0.165. The number of allylic oxidation sites excluding steroid dienone is 1. The number of hydrogen-bond acceptors (Lipinski definition) is 4. The molecular formula is C9H11NO4S. The van der Waals surface area contributed by atoms with Crippen molar-refractivity contribution in [1.82, 2.24) is 4.90 Å². The number of β-lactam (4-membered cyclic amide) rings is 1. The van der Waals surface area contributed by atoms with Gasteiger partial charge in [0, 0.05) is 5.70 Å². The molecule has 82 valence electrons. The average molecular weight is 229 g/mol. The maximum absolute atomic E-state index is 12.0. The standard InChI is InChI=1S/C9H11NO4S/c1-9(2)6(3-4-11)10-7(12)5-8(10)15(9,13)14/h3-4,8H,5H2,1-2H3/b6-3+/t8-/m1/s1. The van der Waals surface area contributed by atoms with Crippen LogP contribution in [0.1, 0.15) is 20.3 Å². The molecule has 0 aromatic heterocycles. The number of carbonyl (C=O) groups is 2. The van der Waals surface area contributed by atoms with Crippen LogP contribution in [-0.4, -0.2) is 35.6 Å². The third-order valence-electron chi connectivity index (χ3n) is 3.08. The van der Waals surface area contributed by atoms with Crippen molar-refractivity contribution in [2.24, 2.45) is 0 Å². The molecule has 0 bridgehead atoms. The normalized spacial score (nSPS) is 33.7. The van der Waals surface area contributed by atoms with Gasteiger partial charge >= 0.3 is 0 Å². The zero-order valence-electron chi connectivity index (χ0n) is 8.43. The molecule has 0 unspecified atom stereocenters. The van der Waals surface area contributed by atoms with Gasteiger partial charge in [-0.1, -0.05) is 0 Å². The van der Waals surface area contributed by atoms with Crippen LogP contribution >= 0.6 is 0 Å². The van der Waals surface area contributed by atoms with Gasteiger partial charge in [-0.2, -0.15) is 0 Å². The number of rotatable bonds is 1. The van der Waals surface area contributed by atoms with E-state index in [0.29, 0.717) is 12.0 Å². The SMILES string of the molecule is CC1(C)/C(=C\C=O)N2C(=O)C[C@H]2S1(=O)=O. The van der Waals surface area contributed by atoms with Crippen molar-refractivity contribution in [2.75, 3.05) is 0 Å². The zero-order chi connectivity index (χ0) is 11.4. The van der Waals surface area contributed by atoms with Crippen LogP contribution in [0.2, 0.25) is 0 Å². The molecule has 0 radical (unpaired) electrons. The fraction of sp³-hybridized carbons (Fsp3) is 0.556. The number of sulfone groups is 1. The minimum atomic E-state index is -3.39. The summed E-state index contributed by atoms with van der Waals surface area (Å²) in [6.07, 6.45) is 1.71. The number of fused-ring (bicyclic) bond motifs is 1. The maximum Gasteiger partial charge on any atom is 0.231 e. The molecule has 2 heterocycles. The summed E-state index contributed by atoms with van der Waals surface area (Å²) in [4.78, 5) is 22.9. The van der Waals surface area contributed by atoms with Gasteiger partial charge in [-0.3, -0.25) is 14.5 Å². The van der Waals surface area contributed by atoms with Crippen LogP contribution in [-0.2, 0) is 19.4 Å². The van der Waals surface area contributed by atoms with Crippen molar-refractivity contribution < 1.29 is 18.0 Å². The fourth-order valence-corrected chi connectivity index (χ4v) is 4.06. The Hall–Kier alpha value is -1.17. The lowest BCUT2D eigenvalue weighted by molar-refractivity contribution is -0.138. The summed E-state index contributed by atoms with van der Waals surface area (Å²) in [5, 5.41) is -0.758. The molecule has 0 aromatic carbocycles. The Kier molecular flexibility index (Phi) is 1.86. The van der Waals surface area contributed by atoms with Gasteiger partial charge in [0.1, 0.15) is 16.4 Å². The topological polar surface area (TPSA) is 71.5 Å². The predicted molar refractivity (Wildman–Crippen MR) is 52.4 cm³/mol. The minimum Gasteiger partial charge on any atom is -0.298 e. The summed E-state index contributed by atoms with van der Waals surface area (Å²) < 4.78 is 22.8. The van der Waals surface area contributed by atoms with Crippen molar-refractivity contribution in [3.63, 3.8) is 0 Å². The van der Waals surface area contributed by atoms with Gasteiger partial charge in [0.05, 0.1) is 6.42 Å². The van der Waals surface area contributed by atoms with E-state index in [1.807, 2.05) is 0 Å². The molecule has 15 heavy (non-hydrogen) atoms. The van der Waals surface area contributed by atoms with Crippen LogP contribution in [0.5, 0.6) is 0 Å². The number of aldehydes is 1. The van der Waals surface area contributed by atoms with Crippen LogP contribution in [0.4, 0.5) is 0 Å². The highest BCUT2D eigenvalue weighted by Gasteiger charge is 2.62. The molecule has 2 aliphatic rings. The molecule has 2 fully saturated rings. The second-order valence-corrected chi connectivity index (χ2v) is 6.82. The summed E-state index contributed by atoms with van der Waals surface area (Å²) in [5.41, 5.74) is 0.291. The molecule has 2 rings (SSSR count). The van der Waals surface area contributed by atoms with E-state index in [1.165, 1.54) is 18.7 Å². The first-order valence-corrected chi connectivity index (χ1v) is 6.10. The Morgan fingerprint density at radius 2 is 2.07 bits per heavy atom. The second kappa shape index (κ2) is 2.69. The van der Waals surface area contributed by atoms with E-state index in [2.05, 4.69) is 0 Å². The van der Waals surface area contributed by atoms with Crippen LogP contribution < -0.4 is 0 Å². The first kappa shape index (κ1) is 10.4. The maximum atomic E-state index is 12.0. The molecular weight excluding hydrogens is 218 g/mol. The molecule has 0 aromatic rings. The molecule has 2 aliphatic heterocycles. The lowest BCUT2D eigenvalue weighted by Gasteiger charge is -2.32. The molecule has 6 heteroatoms. The monoisotopic (exact) mass is 229 g/mol. The summed E-state index contributed by atoms with van der Waals surface area (Å²) in [6, 6.07) is 0. The zero-order valence-corrected chi connectivity index (χ0v) is 9.24. The molecule has 2 saturated heterocycles. The molecule has 0 spiro atoms. The first-order valence-electron chi connectivity index (χ1n) is 4.55. The van der Waals surface area contributed by atoms with E-state index >= 15 is 0 Å². The highest BCUT2D eigenvalue weighted by molar-refractivity contribution is 7.94. The van der Waals surface area contributed by atoms with Crippen molar-refractivity contribution in [1.29, 1.82) is 0 Å². The average Bonchev–Trinajstić information content (AvgIpc) is 2.22. The summed E-state index contributed by atoms with van der Waals surface area (Å²) >= 11 is 0. The van der Waals surface area contributed by atoms with Gasteiger partial charge < -0.3 is 0 Å². The van der Waals surface area contributed by atoms with E-state index < -0.39 is 20.0 Å². The van der Waals surface area contributed by atoms with Gasteiger partial charge in [0.25, 0.3) is 0 Å². The number of carbonyl (C=O) groups excluding carboxylic acids is 2. The lowest BCUT2D eigenvalue weighted by atomic mass is 10.0. The van der Waals surface area contributed by atoms with Gasteiger partial charge in [-0.15, -0.1) is 0 Å². The van der Waals surface area contributed by atoms with E-state index in [0.717, 1.165) is 6.08 Å². The van der Waals surface area contributed by atoms with Crippen molar-refractivity contribution in [2.45, 2.75) is 30.4 Å². The quantitative estimate of drug-likeness (QED) is 0.355. The first-order chi connectivity index (χ1) is 6.84. The Balaban J connectivity index is 2.62. The number of amides is 1. The lowest BCUT2D eigenvalue weighted by Crippen LogP contribution is -2.49. The van der Waals surface area contributed by atoms with Crippen molar-refractivity contribution in [3.8, 4) is 0 Å². The van der Waals surface area contributed by atoms with E-state index in [-0.39, 0.29) is 12.3 Å². The number of nitrogens with zero attached hydrogens (tertiary/aromatic N) is 1. The fourth-order valence-electron chi connectivity index (χ4n) is 2.05. The van der Waals surface area contributed by atoms with Gasteiger partial charge in [0.15, 0.2) is 9.84 Å². The van der Waals surface area contributed by atoms with Crippen molar-refractivity contribution >= 4 is 22.0 Å². The summed E-state index contributed by atoms with van der Waals surface area (Å²) in [5.74, 6) is -0.234. The largest absolute Gasteiger partial charge is 0.298 e. The highest BCUT2D eigenvalue weighted by Crippen LogP contribution is 2.47. The Morgan fingerprint density at radius 3 is 2.53 bits per heavy atom. The van der Waals surface area contributed by atoms with Gasteiger partial charge in [0.2, 0.25) is 5.91 Å². The smallest absolute Gasteiger partial charge is 0.231 e.